The molecule has 3 aromatic rings. The SMILES string of the molecule is OCc1cccc2cnc(Cc3ccc(O)cc3)cc12. The minimum absolute atomic E-state index is 0.0278. The highest BCUT2D eigenvalue weighted by molar-refractivity contribution is 5.85. The molecule has 0 aliphatic rings. The van der Waals surface area contributed by atoms with E-state index >= 15 is 0 Å². The first-order valence-corrected chi connectivity index (χ1v) is 6.51. The smallest absolute Gasteiger partial charge is 0.115 e. The fourth-order valence-corrected chi connectivity index (χ4v) is 2.34. The molecule has 0 unspecified atom stereocenters. The van der Waals surface area contributed by atoms with E-state index in [1.807, 2.05) is 42.6 Å². The van der Waals surface area contributed by atoms with Gasteiger partial charge in [0.2, 0.25) is 0 Å². The summed E-state index contributed by atoms with van der Waals surface area (Å²) in [7, 11) is 0. The second-order valence-corrected chi connectivity index (χ2v) is 4.82. The highest BCUT2D eigenvalue weighted by Crippen LogP contribution is 2.21. The molecule has 3 rings (SSSR count). The third-order valence-corrected chi connectivity index (χ3v) is 3.40. The summed E-state index contributed by atoms with van der Waals surface area (Å²) in [6.07, 6.45) is 2.54. The number of phenolic OH excluding ortho intramolecular Hbond substituents is 1. The van der Waals surface area contributed by atoms with Crippen molar-refractivity contribution in [2.45, 2.75) is 13.0 Å². The van der Waals surface area contributed by atoms with E-state index < -0.39 is 0 Å². The number of phenols is 1. The van der Waals surface area contributed by atoms with Gasteiger partial charge in [-0.15, -0.1) is 0 Å². The predicted molar refractivity (Wildman–Crippen MR) is 78.6 cm³/mol. The quantitative estimate of drug-likeness (QED) is 0.765. The molecule has 2 aromatic carbocycles. The molecule has 1 aromatic heterocycles. The number of nitrogens with zero attached hydrogens (tertiary/aromatic N) is 1. The van der Waals surface area contributed by atoms with Crippen molar-refractivity contribution in [1.29, 1.82) is 0 Å². The molecule has 100 valence electrons. The van der Waals surface area contributed by atoms with Crippen LogP contribution in [0.5, 0.6) is 5.75 Å². The van der Waals surface area contributed by atoms with Crippen LogP contribution in [0.3, 0.4) is 0 Å². The van der Waals surface area contributed by atoms with Crippen molar-refractivity contribution >= 4 is 10.8 Å². The van der Waals surface area contributed by atoms with E-state index in [0.29, 0.717) is 6.42 Å². The maximum Gasteiger partial charge on any atom is 0.115 e. The maximum absolute atomic E-state index is 9.40. The van der Waals surface area contributed by atoms with E-state index in [2.05, 4.69) is 4.98 Å². The van der Waals surface area contributed by atoms with Gasteiger partial charge in [-0.1, -0.05) is 30.3 Å². The van der Waals surface area contributed by atoms with E-state index in [-0.39, 0.29) is 12.4 Å². The van der Waals surface area contributed by atoms with Crippen LogP contribution in [0.1, 0.15) is 16.8 Å². The molecule has 2 N–H and O–H groups in total. The molecule has 0 aliphatic carbocycles. The second kappa shape index (κ2) is 5.31. The van der Waals surface area contributed by atoms with Crippen molar-refractivity contribution in [3.05, 3.63) is 71.5 Å². The Morgan fingerprint density at radius 3 is 2.55 bits per heavy atom. The molecule has 0 spiro atoms. The van der Waals surface area contributed by atoms with Crippen LogP contribution in [0.25, 0.3) is 10.8 Å². The lowest BCUT2D eigenvalue weighted by Crippen LogP contribution is -1.94. The van der Waals surface area contributed by atoms with Gasteiger partial charge in [-0.2, -0.15) is 0 Å². The van der Waals surface area contributed by atoms with Gasteiger partial charge in [0, 0.05) is 23.7 Å². The molecule has 0 bridgehead atoms. The van der Waals surface area contributed by atoms with Crippen LogP contribution in [0.2, 0.25) is 0 Å². The Labute approximate surface area is 117 Å². The van der Waals surface area contributed by atoms with Crippen molar-refractivity contribution in [3.8, 4) is 5.75 Å². The lowest BCUT2D eigenvalue weighted by atomic mass is 10.0. The van der Waals surface area contributed by atoms with Crippen LogP contribution in [0.4, 0.5) is 0 Å². The number of aliphatic hydroxyl groups excluding tert-OH is 1. The Bertz CT molecular complexity index is 736. The van der Waals surface area contributed by atoms with Crippen molar-refractivity contribution < 1.29 is 10.2 Å². The standard InChI is InChI=1S/C17H15NO2/c19-11-14-3-1-2-13-10-18-15(9-17(13)14)8-12-4-6-16(20)7-5-12/h1-7,9-10,19-20H,8,11H2. The van der Waals surface area contributed by atoms with Crippen molar-refractivity contribution in [2.75, 3.05) is 0 Å². The van der Waals surface area contributed by atoms with E-state index in [1.165, 1.54) is 0 Å². The fraction of sp³-hybridized carbons (Fsp3) is 0.118. The fourth-order valence-electron chi connectivity index (χ4n) is 2.34. The average Bonchev–Trinajstić information content (AvgIpc) is 2.49. The molecular formula is C17H15NO2. The van der Waals surface area contributed by atoms with Gasteiger partial charge in [-0.3, -0.25) is 4.98 Å². The minimum Gasteiger partial charge on any atom is -0.508 e. The van der Waals surface area contributed by atoms with Crippen LogP contribution in [0, 0.1) is 0 Å². The molecule has 1 heterocycles. The Hall–Kier alpha value is -2.39. The first kappa shape index (κ1) is 12.6. The molecule has 0 saturated heterocycles. The third kappa shape index (κ3) is 2.49. The number of hydrogen-bond donors (Lipinski definition) is 2. The highest BCUT2D eigenvalue weighted by Gasteiger charge is 2.04. The first-order chi connectivity index (χ1) is 9.76. The Balaban J connectivity index is 1.98. The molecule has 0 atom stereocenters. The summed E-state index contributed by atoms with van der Waals surface area (Å²) >= 11 is 0. The van der Waals surface area contributed by atoms with Crippen LogP contribution in [0.15, 0.2) is 54.7 Å². The zero-order chi connectivity index (χ0) is 13.9. The third-order valence-electron chi connectivity index (χ3n) is 3.40. The van der Waals surface area contributed by atoms with Gasteiger partial charge in [0.15, 0.2) is 0 Å². The minimum atomic E-state index is 0.0278. The number of aromatic hydroxyl groups is 1. The molecular weight excluding hydrogens is 250 g/mol. The molecule has 3 nitrogen and oxygen atoms in total. The van der Waals surface area contributed by atoms with Gasteiger partial charge in [-0.05, 0) is 34.7 Å². The summed E-state index contributed by atoms with van der Waals surface area (Å²) in [5.74, 6) is 0.266. The van der Waals surface area contributed by atoms with Gasteiger partial charge in [-0.25, -0.2) is 0 Å². The number of aromatic nitrogens is 1. The van der Waals surface area contributed by atoms with Gasteiger partial charge >= 0.3 is 0 Å². The molecule has 0 saturated carbocycles. The van der Waals surface area contributed by atoms with Crippen LogP contribution in [-0.2, 0) is 13.0 Å². The summed E-state index contributed by atoms with van der Waals surface area (Å²) in [6, 6.07) is 15.0. The lowest BCUT2D eigenvalue weighted by molar-refractivity contribution is 0.283. The highest BCUT2D eigenvalue weighted by atomic mass is 16.3. The second-order valence-electron chi connectivity index (χ2n) is 4.82. The average molecular weight is 265 g/mol. The topological polar surface area (TPSA) is 53.4 Å². The van der Waals surface area contributed by atoms with Gasteiger partial charge in [0.05, 0.1) is 6.61 Å². The summed E-state index contributed by atoms with van der Waals surface area (Å²) in [4.78, 5) is 4.46. The van der Waals surface area contributed by atoms with Crippen molar-refractivity contribution in [3.63, 3.8) is 0 Å². The van der Waals surface area contributed by atoms with Gasteiger partial charge < -0.3 is 10.2 Å². The van der Waals surface area contributed by atoms with E-state index in [9.17, 15) is 10.2 Å². The number of pyridine rings is 1. The van der Waals surface area contributed by atoms with Crippen LogP contribution >= 0.6 is 0 Å². The number of aliphatic hydroxyl groups is 1. The van der Waals surface area contributed by atoms with Crippen molar-refractivity contribution in [2.24, 2.45) is 0 Å². The largest absolute Gasteiger partial charge is 0.508 e. The number of rotatable bonds is 3. The molecule has 0 fully saturated rings. The van der Waals surface area contributed by atoms with E-state index in [4.69, 9.17) is 0 Å². The Morgan fingerprint density at radius 2 is 1.80 bits per heavy atom. The number of benzene rings is 2. The van der Waals surface area contributed by atoms with Crippen molar-refractivity contribution in [1.82, 2.24) is 4.98 Å². The van der Waals surface area contributed by atoms with E-state index in [1.54, 1.807) is 12.1 Å². The summed E-state index contributed by atoms with van der Waals surface area (Å²) in [6.45, 7) is 0.0278. The normalized spacial score (nSPS) is 10.8. The number of hydrogen-bond acceptors (Lipinski definition) is 3. The zero-order valence-corrected chi connectivity index (χ0v) is 11.0. The Morgan fingerprint density at radius 1 is 1.00 bits per heavy atom. The molecule has 0 aliphatic heterocycles. The van der Waals surface area contributed by atoms with Gasteiger partial charge in [0.1, 0.15) is 5.75 Å². The summed E-state index contributed by atoms with van der Waals surface area (Å²) in [5, 5.41) is 20.8. The molecule has 20 heavy (non-hydrogen) atoms. The monoisotopic (exact) mass is 265 g/mol. The summed E-state index contributed by atoms with van der Waals surface area (Å²) < 4.78 is 0. The van der Waals surface area contributed by atoms with Crippen LogP contribution in [-0.4, -0.2) is 15.2 Å². The van der Waals surface area contributed by atoms with Gasteiger partial charge in [0.25, 0.3) is 0 Å². The first-order valence-electron chi connectivity index (χ1n) is 6.51. The molecule has 0 amide bonds. The van der Waals surface area contributed by atoms with E-state index in [0.717, 1.165) is 27.6 Å². The lowest BCUT2D eigenvalue weighted by Gasteiger charge is -2.07. The predicted octanol–water partition coefficient (Wildman–Crippen LogP) is 3.02. The van der Waals surface area contributed by atoms with Crippen LogP contribution < -0.4 is 0 Å². The summed E-state index contributed by atoms with van der Waals surface area (Å²) in [5.41, 5.74) is 2.96. The molecule has 0 radical (unpaired) electrons. The molecule has 3 heteroatoms. The Kier molecular flexibility index (Phi) is 3.35. The zero-order valence-electron chi connectivity index (χ0n) is 11.0. The maximum atomic E-state index is 9.40. The number of fused-ring (bicyclic) bond motifs is 1.